The lowest BCUT2D eigenvalue weighted by Gasteiger charge is -2.23. The van der Waals surface area contributed by atoms with Crippen LogP contribution in [0.2, 0.25) is 0 Å². The number of carbonyl (C=O) groups excluding carboxylic acids is 1. The number of amides is 1. The van der Waals surface area contributed by atoms with Crippen LogP contribution in [-0.2, 0) is 11.2 Å². The van der Waals surface area contributed by atoms with Crippen molar-refractivity contribution >= 4 is 5.91 Å². The third kappa shape index (κ3) is 6.61. The highest BCUT2D eigenvalue weighted by atomic mass is 16.5. The Morgan fingerprint density at radius 2 is 1.91 bits per heavy atom. The van der Waals surface area contributed by atoms with Crippen molar-refractivity contribution < 1.29 is 9.53 Å². The van der Waals surface area contributed by atoms with Gasteiger partial charge in [-0.25, -0.2) is 0 Å². The van der Waals surface area contributed by atoms with Gasteiger partial charge in [0.2, 0.25) is 5.91 Å². The van der Waals surface area contributed by atoms with Crippen LogP contribution in [0.15, 0.2) is 24.3 Å². The predicted molar refractivity (Wildman–Crippen MR) is 95.5 cm³/mol. The van der Waals surface area contributed by atoms with Gasteiger partial charge in [0.15, 0.2) is 0 Å². The summed E-state index contributed by atoms with van der Waals surface area (Å²) in [5.74, 6) is 1.80. The first kappa shape index (κ1) is 19.5. The zero-order chi connectivity index (χ0) is 17.4. The highest BCUT2D eigenvalue weighted by Crippen LogP contribution is 2.22. The molecule has 2 N–H and O–H groups in total. The molecule has 2 atom stereocenters. The fourth-order valence-corrected chi connectivity index (χ4v) is 2.57. The Kier molecular flexibility index (Phi) is 8.10. The SMILES string of the molecule is COc1ccccc1CC(C)CC(=O)N(C)CCC(N)C(C)C. The normalized spacial score (nSPS) is 13.7. The molecule has 0 heterocycles. The van der Waals surface area contributed by atoms with Crippen LogP contribution in [0.1, 0.15) is 39.2 Å². The highest BCUT2D eigenvalue weighted by molar-refractivity contribution is 5.76. The minimum atomic E-state index is 0.149. The van der Waals surface area contributed by atoms with Crippen molar-refractivity contribution in [3.05, 3.63) is 29.8 Å². The summed E-state index contributed by atoms with van der Waals surface area (Å²) in [6, 6.07) is 8.14. The van der Waals surface area contributed by atoms with E-state index in [9.17, 15) is 4.79 Å². The molecule has 1 rings (SSSR count). The second kappa shape index (κ2) is 9.56. The van der Waals surface area contributed by atoms with Gasteiger partial charge in [-0.3, -0.25) is 4.79 Å². The van der Waals surface area contributed by atoms with E-state index in [4.69, 9.17) is 10.5 Å². The molecule has 0 aromatic heterocycles. The summed E-state index contributed by atoms with van der Waals surface area (Å²) in [5.41, 5.74) is 7.20. The van der Waals surface area contributed by atoms with Gasteiger partial charge >= 0.3 is 0 Å². The second-order valence-electron chi connectivity index (χ2n) is 6.84. The Morgan fingerprint density at radius 1 is 1.26 bits per heavy atom. The smallest absolute Gasteiger partial charge is 0.222 e. The first-order valence-electron chi connectivity index (χ1n) is 8.46. The minimum absolute atomic E-state index is 0.149. The lowest BCUT2D eigenvalue weighted by molar-refractivity contribution is -0.130. The maximum Gasteiger partial charge on any atom is 0.222 e. The van der Waals surface area contributed by atoms with Gasteiger partial charge in [0.1, 0.15) is 5.75 Å². The summed E-state index contributed by atoms with van der Waals surface area (Å²) in [6.07, 6.45) is 2.24. The number of rotatable bonds is 9. The Bertz CT molecular complexity index is 488. The van der Waals surface area contributed by atoms with Crippen molar-refractivity contribution in [2.45, 2.75) is 46.1 Å². The lowest BCUT2D eigenvalue weighted by atomic mass is 9.96. The summed E-state index contributed by atoms with van der Waals surface area (Å²) in [7, 11) is 3.55. The van der Waals surface area contributed by atoms with Gasteiger partial charge in [0.25, 0.3) is 0 Å². The Labute approximate surface area is 141 Å². The van der Waals surface area contributed by atoms with E-state index in [2.05, 4.69) is 26.8 Å². The van der Waals surface area contributed by atoms with Crippen molar-refractivity contribution in [2.24, 2.45) is 17.6 Å². The van der Waals surface area contributed by atoms with Crippen molar-refractivity contribution in [2.75, 3.05) is 20.7 Å². The summed E-state index contributed by atoms with van der Waals surface area (Å²) >= 11 is 0. The predicted octanol–water partition coefficient (Wildman–Crippen LogP) is 3.10. The molecule has 0 bridgehead atoms. The van der Waals surface area contributed by atoms with E-state index in [1.165, 1.54) is 0 Å². The van der Waals surface area contributed by atoms with Crippen molar-refractivity contribution in [1.82, 2.24) is 4.90 Å². The van der Waals surface area contributed by atoms with Gasteiger partial charge in [0, 0.05) is 26.1 Å². The molecule has 1 aromatic rings. The molecule has 130 valence electrons. The summed E-state index contributed by atoms with van der Waals surface area (Å²) in [5, 5.41) is 0. The quantitative estimate of drug-likeness (QED) is 0.760. The first-order valence-corrected chi connectivity index (χ1v) is 8.46. The van der Waals surface area contributed by atoms with Crippen LogP contribution >= 0.6 is 0 Å². The van der Waals surface area contributed by atoms with Crippen molar-refractivity contribution in [3.8, 4) is 5.75 Å². The Balaban J connectivity index is 2.46. The van der Waals surface area contributed by atoms with E-state index >= 15 is 0 Å². The van der Waals surface area contributed by atoms with E-state index in [0.717, 1.165) is 30.7 Å². The topological polar surface area (TPSA) is 55.6 Å². The molecule has 0 spiro atoms. The number of nitrogens with zero attached hydrogens (tertiary/aromatic N) is 1. The third-order valence-electron chi connectivity index (χ3n) is 4.36. The number of ether oxygens (including phenoxy) is 1. The molecule has 0 aliphatic carbocycles. The maximum atomic E-state index is 12.3. The van der Waals surface area contributed by atoms with E-state index in [0.29, 0.717) is 12.3 Å². The summed E-state index contributed by atoms with van der Waals surface area (Å²) in [6.45, 7) is 7.06. The zero-order valence-corrected chi connectivity index (χ0v) is 15.2. The van der Waals surface area contributed by atoms with Gasteiger partial charge in [-0.15, -0.1) is 0 Å². The van der Waals surface area contributed by atoms with E-state index in [1.54, 1.807) is 12.0 Å². The fraction of sp³-hybridized carbons (Fsp3) is 0.632. The van der Waals surface area contributed by atoms with Gasteiger partial charge in [-0.05, 0) is 36.3 Å². The van der Waals surface area contributed by atoms with Crippen molar-refractivity contribution in [1.29, 1.82) is 0 Å². The molecule has 1 amide bonds. The molecule has 0 aliphatic rings. The number of hydrogen-bond acceptors (Lipinski definition) is 3. The number of methoxy groups -OCH3 is 1. The highest BCUT2D eigenvalue weighted by Gasteiger charge is 2.16. The average Bonchev–Trinajstić information content (AvgIpc) is 2.52. The summed E-state index contributed by atoms with van der Waals surface area (Å²) < 4.78 is 5.38. The minimum Gasteiger partial charge on any atom is -0.496 e. The van der Waals surface area contributed by atoms with Crippen molar-refractivity contribution in [3.63, 3.8) is 0 Å². The number of para-hydroxylation sites is 1. The summed E-state index contributed by atoms with van der Waals surface area (Å²) in [4.78, 5) is 14.1. The van der Waals surface area contributed by atoms with Gasteiger partial charge in [-0.2, -0.15) is 0 Å². The maximum absolute atomic E-state index is 12.3. The van der Waals surface area contributed by atoms with Crippen LogP contribution in [0, 0.1) is 11.8 Å². The van der Waals surface area contributed by atoms with Crippen LogP contribution in [0.4, 0.5) is 0 Å². The van der Waals surface area contributed by atoms with Gasteiger partial charge in [0.05, 0.1) is 7.11 Å². The number of carbonyl (C=O) groups is 1. The largest absolute Gasteiger partial charge is 0.496 e. The van der Waals surface area contributed by atoms with Crippen LogP contribution in [0.3, 0.4) is 0 Å². The molecule has 0 saturated heterocycles. The zero-order valence-electron chi connectivity index (χ0n) is 15.2. The van der Waals surface area contributed by atoms with Crippen LogP contribution in [-0.4, -0.2) is 37.6 Å². The molecular formula is C19H32N2O2. The molecule has 23 heavy (non-hydrogen) atoms. The fourth-order valence-electron chi connectivity index (χ4n) is 2.57. The molecule has 4 nitrogen and oxygen atoms in total. The lowest BCUT2D eigenvalue weighted by Crippen LogP contribution is -2.35. The Hall–Kier alpha value is -1.55. The third-order valence-corrected chi connectivity index (χ3v) is 4.36. The standard InChI is InChI=1S/C19H32N2O2/c1-14(2)17(20)10-11-21(4)19(22)13-15(3)12-16-8-6-7-9-18(16)23-5/h6-9,14-15,17H,10-13,20H2,1-5H3. The van der Waals surface area contributed by atoms with Crippen LogP contribution in [0.5, 0.6) is 5.75 Å². The molecule has 0 radical (unpaired) electrons. The monoisotopic (exact) mass is 320 g/mol. The molecule has 2 unspecified atom stereocenters. The number of hydrogen-bond donors (Lipinski definition) is 1. The first-order chi connectivity index (χ1) is 10.8. The molecule has 0 fully saturated rings. The van der Waals surface area contributed by atoms with E-state index in [1.807, 2.05) is 25.2 Å². The van der Waals surface area contributed by atoms with E-state index < -0.39 is 0 Å². The van der Waals surface area contributed by atoms with E-state index in [-0.39, 0.29) is 17.9 Å². The average molecular weight is 320 g/mol. The van der Waals surface area contributed by atoms with Gasteiger partial charge in [-0.1, -0.05) is 39.0 Å². The molecule has 1 aromatic carbocycles. The Morgan fingerprint density at radius 3 is 2.52 bits per heavy atom. The molecule has 0 saturated carbocycles. The second-order valence-corrected chi connectivity index (χ2v) is 6.84. The van der Waals surface area contributed by atoms with Crippen LogP contribution < -0.4 is 10.5 Å². The number of nitrogens with two attached hydrogens (primary N) is 1. The number of benzene rings is 1. The molecular weight excluding hydrogens is 288 g/mol. The van der Waals surface area contributed by atoms with Gasteiger partial charge < -0.3 is 15.4 Å². The molecule has 4 heteroatoms. The van der Waals surface area contributed by atoms with Crippen LogP contribution in [0.25, 0.3) is 0 Å². The molecule has 0 aliphatic heterocycles.